The van der Waals surface area contributed by atoms with E-state index in [-0.39, 0.29) is 0 Å². The van der Waals surface area contributed by atoms with Gasteiger partial charge in [0.05, 0.1) is 0 Å². The van der Waals surface area contributed by atoms with E-state index in [0.717, 1.165) is 0 Å². The first-order valence-corrected chi connectivity index (χ1v) is 2.49. The molecule has 0 rings (SSSR count). The fraction of sp³-hybridized carbons (Fsp3) is 0. The van der Waals surface area contributed by atoms with E-state index >= 15 is 0 Å². The third kappa shape index (κ3) is 6.03. The first-order chi connectivity index (χ1) is 5.02. The Hall–Kier alpha value is -1.85. The molecular formula is C5H6N2O4. The minimum Gasteiger partial charge on any atom is -0.478 e. The number of rotatable bonds is 2. The van der Waals surface area contributed by atoms with Gasteiger partial charge in [0.2, 0.25) is 0 Å². The molecule has 0 bridgehead atoms. The summed E-state index contributed by atoms with van der Waals surface area (Å²) in [5.41, 5.74) is 4.66. The molecule has 0 amide bonds. The van der Waals surface area contributed by atoms with Crippen molar-refractivity contribution in [3.05, 3.63) is 12.2 Å². The molecule has 0 aromatic rings. The van der Waals surface area contributed by atoms with Gasteiger partial charge >= 0.3 is 11.9 Å². The standard InChI is InChI=1S/C5H6N2O4/c6-5(7)11-4(10)2-1-3(8)9/h1-2H,(H3,6,7)(H,8,9)/b2-1-. The molecule has 6 heteroatoms. The molecule has 0 aliphatic carbocycles. The predicted molar refractivity (Wildman–Crippen MR) is 34.8 cm³/mol. The number of carboxylic acid groups (broad SMARTS) is 1. The van der Waals surface area contributed by atoms with Crippen LogP contribution in [-0.4, -0.2) is 23.1 Å². The van der Waals surface area contributed by atoms with Gasteiger partial charge in [-0.25, -0.2) is 9.59 Å². The maximum Gasteiger partial charge on any atom is 0.338 e. The molecule has 0 heterocycles. The van der Waals surface area contributed by atoms with Gasteiger partial charge in [-0.1, -0.05) is 0 Å². The van der Waals surface area contributed by atoms with Crippen LogP contribution in [-0.2, 0) is 14.3 Å². The van der Waals surface area contributed by atoms with Crippen molar-refractivity contribution in [2.24, 2.45) is 5.73 Å². The van der Waals surface area contributed by atoms with Crippen LogP contribution in [0.1, 0.15) is 0 Å². The summed E-state index contributed by atoms with van der Waals surface area (Å²) in [6.07, 6.45) is 1.25. The van der Waals surface area contributed by atoms with Crippen LogP contribution in [0.4, 0.5) is 0 Å². The average molecular weight is 158 g/mol. The Morgan fingerprint density at radius 2 is 2.00 bits per heavy atom. The molecule has 0 saturated heterocycles. The SMILES string of the molecule is N=C(N)OC(=O)/C=C\C(=O)O. The van der Waals surface area contributed by atoms with Crippen molar-refractivity contribution < 1.29 is 19.4 Å². The van der Waals surface area contributed by atoms with Crippen molar-refractivity contribution >= 4 is 18.0 Å². The second kappa shape index (κ2) is 4.04. The van der Waals surface area contributed by atoms with Crippen molar-refractivity contribution in [1.82, 2.24) is 0 Å². The molecule has 0 atom stereocenters. The molecular weight excluding hydrogens is 152 g/mol. The van der Waals surface area contributed by atoms with E-state index in [2.05, 4.69) is 10.5 Å². The van der Waals surface area contributed by atoms with Crippen molar-refractivity contribution in [3.63, 3.8) is 0 Å². The zero-order valence-electron chi connectivity index (χ0n) is 5.40. The van der Waals surface area contributed by atoms with E-state index in [4.69, 9.17) is 10.5 Å². The Morgan fingerprint density at radius 3 is 2.36 bits per heavy atom. The van der Waals surface area contributed by atoms with Crippen LogP contribution in [0.2, 0.25) is 0 Å². The smallest absolute Gasteiger partial charge is 0.338 e. The summed E-state index contributed by atoms with van der Waals surface area (Å²) < 4.78 is 3.97. The van der Waals surface area contributed by atoms with Crippen LogP contribution < -0.4 is 5.73 Å². The highest BCUT2D eigenvalue weighted by atomic mass is 16.5. The quantitative estimate of drug-likeness (QED) is 0.208. The van der Waals surface area contributed by atoms with Crippen LogP contribution in [0.25, 0.3) is 0 Å². The number of aliphatic carboxylic acids is 1. The molecule has 0 fully saturated rings. The lowest BCUT2D eigenvalue weighted by atomic mass is 10.5. The summed E-state index contributed by atoms with van der Waals surface area (Å²) in [6.45, 7) is 0. The second-order valence-electron chi connectivity index (χ2n) is 1.46. The van der Waals surface area contributed by atoms with Crippen LogP contribution in [0.15, 0.2) is 12.2 Å². The van der Waals surface area contributed by atoms with Gasteiger partial charge in [-0.2, -0.15) is 0 Å². The third-order valence-electron chi connectivity index (χ3n) is 0.573. The van der Waals surface area contributed by atoms with Crippen LogP contribution in [0, 0.1) is 5.41 Å². The highest BCUT2D eigenvalue weighted by Gasteiger charge is 1.98. The maximum atomic E-state index is 10.4. The Bertz CT molecular complexity index is 221. The number of hydrogen-bond donors (Lipinski definition) is 3. The number of amidine groups is 1. The fourth-order valence-electron chi connectivity index (χ4n) is 0.282. The van der Waals surface area contributed by atoms with E-state index in [1.54, 1.807) is 0 Å². The molecule has 0 aliphatic rings. The lowest BCUT2D eigenvalue weighted by Crippen LogP contribution is -2.17. The van der Waals surface area contributed by atoms with Crippen molar-refractivity contribution in [3.8, 4) is 0 Å². The molecule has 0 saturated carbocycles. The highest BCUT2D eigenvalue weighted by Crippen LogP contribution is 1.79. The number of carbonyl (C=O) groups is 2. The summed E-state index contributed by atoms with van der Waals surface area (Å²) in [6, 6.07) is -0.773. The van der Waals surface area contributed by atoms with E-state index in [1.165, 1.54) is 0 Å². The number of ether oxygens (including phenoxy) is 1. The molecule has 0 aromatic carbocycles. The monoisotopic (exact) mass is 158 g/mol. The molecule has 11 heavy (non-hydrogen) atoms. The molecule has 4 N–H and O–H groups in total. The normalized spacial score (nSPS) is 9.45. The van der Waals surface area contributed by atoms with Crippen LogP contribution in [0.5, 0.6) is 0 Å². The molecule has 0 aromatic heterocycles. The number of carbonyl (C=O) groups excluding carboxylic acids is 1. The van der Waals surface area contributed by atoms with Crippen LogP contribution in [0.3, 0.4) is 0 Å². The lowest BCUT2D eigenvalue weighted by Gasteiger charge is -1.93. The Balaban J connectivity index is 3.88. The third-order valence-corrected chi connectivity index (χ3v) is 0.573. The first-order valence-electron chi connectivity index (χ1n) is 2.49. The van der Waals surface area contributed by atoms with Gasteiger partial charge in [0.25, 0.3) is 6.02 Å². The Kier molecular flexibility index (Phi) is 3.36. The topological polar surface area (TPSA) is 113 Å². The number of nitrogens with one attached hydrogen (secondary N) is 1. The van der Waals surface area contributed by atoms with Crippen molar-refractivity contribution in [2.75, 3.05) is 0 Å². The van der Waals surface area contributed by atoms with Gasteiger partial charge in [0.1, 0.15) is 0 Å². The minimum absolute atomic E-state index is 0.589. The molecule has 0 radical (unpaired) electrons. The second-order valence-corrected chi connectivity index (χ2v) is 1.46. The largest absolute Gasteiger partial charge is 0.478 e. The lowest BCUT2D eigenvalue weighted by molar-refractivity contribution is -0.133. The molecule has 0 aliphatic heterocycles. The maximum absolute atomic E-state index is 10.4. The van der Waals surface area contributed by atoms with Crippen molar-refractivity contribution in [1.29, 1.82) is 5.41 Å². The van der Waals surface area contributed by atoms with Gasteiger partial charge in [-0.3, -0.25) is 5.41 Å². The summed E-state index contributed by atoms with van der Waals surface area (Å²) >= 11 is 0. The number of esters is 1. The van der Waals surface area contributed by atoms with Gasteiger partial charge in [0.15, 0.2) is 0 Å². The summed E-state index contributed by atoms with van der Waals surface area (Å²) in [4.78, 5) is 20.2. The van der Waals surface area contributed by atoms with Crippen LogP contribution >= 0.6 is 0 Å². The van der Waals surface area contributed by atoms with Gasteiger partial charge in [-0.05, 0) is 0 Å². The van der Waals surface area contributed by atoms with Crippen molar-refractivity contribution in [2.45, 2.75) is 0 Å². The highest BCUT2D eigenvalue weighted by molar-refractivity contribution is 5.95. The average Bonchev–Trinajstić information content (AvgIpc) is 1.82. The first kappa shape index (κ1) is 9.15. The van der Waals surface area contributed by atoms with Gasteiger partial charge < -0.3 is 15.6 Å². The molecule has 60 valence electrons. The summed E-state index contributed by atoms with van der Waals surface area (Å²) in [7, 11) is 0. The Morgan fingerprint density at radius 1 is 1.45 bits per heavy atom. The summed E-state index contributed by atoms with van der Waals surface area (Å²) in [5.74, 6) is -2.26. The van der Waals surface area contributed by atoms with Gasteiger partial charge in [-0.15, -0.1) is 0 Å². The zero-order valence-corrected chi connectivity index (χ0v) is 5.40. The van der Waals surface area contributed by atoms with E-state index in [0.29, 0.717) is 12.2 Å². The molecule has 6 nitrogen and oxygen atoms in total. The minimum atomic E-state index is -1.27. The van der Waals surface area contributed by atoms with Gasteiger partial charge in [0, 0.05) is 12.2 Å². The number of carboxylic acids is 1. The predicted octanol–water partition coefficient (Wildman–Crippen LogP) is -0.936. The zero-order chi connectivity index (χ0) is 8.85. The number of hydrogen-bond acceptors (Lipinski definition) is 4. The fourth-order valence-corrected chi connectivity index (χ4v) is 0.282. The number of nitrogens with two attached hydrogens (primary N) is 1. The van der Waals surface area contributed by atoms with E-state index < -0.39 is 18.0 Å². The molecule has 0 unspecified atom stereocenters. The van der Waals surface area contributed by atoms with E-state index in [1.807, 2.05) is 0 Å². The molecule has 0 spiro atoms. The Labute approximate surface area is 61.8 Å². The van der Waals surface area contributed by atoms with E-state index in [9.17, 15) is 9.59 Å². The summed E-state index contributed by atoms with van der Waals surface area (Å²) in [5, 5.41) is 14.5.